The molecule has 2 aromatic carbocycles. The van der Waals surface area contributed by atoms with Crippen LogP contribution in [0.2, 0.25) is 15.1 Å². The lowest BCUT2D eigenvalue weighted by Gasteiger charge is -2.17. The van der Waals surface area contributed by atoms with Gasteiger partial charge in [0.15, 0.2) is 17.1 Å². The summed E-state index contributed by atoms with van der Waals surface area (Å²) >= 11 is 20.1. The van der Waals surface area contributed by atoms with Gasteiger partial charge in [0.2, 0.25) is 0 Å². The van der Waals surface area contributed by atoms with Gasteiger partial charge in [-0.25, -0.2) is 0 Å². The summed E-state index contributed by atoms with van der Waals surface area (Å²) < 4.78 is 8.10. The van der Waals surface area contributed by atoms with E-state index in [-0.39, 0.29) is 6.10 Å². The van der Waals surface area contributed by atoms with Gasteiger partial charge in [0.05, 0.1) is 0 Å². The van der Waals surface area contributed by atoms with E-state index in [0.717, 1.165) is 22.0 Å². The molecular weight excluding hydrogens is 449 g/mol. The second-order valence-corrected chi connectivity index (χ2v) is 8.59. The molecule has 0 radical (unpaired) electrons. The first-order valence-corrected chi connectivity index (χ1v) is 11.0. The molecule has 152 valence electrons. The van der Waals surface area contributed by atoms with Crippen LogP contribution in [0.4, 0.5) is 0 Å². The van der Waals surface area contributed by atoms with Crippen molar-refractivity contribution in [1.29, 1.82) is 0 Å². The number of hydrogen-bond acceptors (Lipinski definition) is 4. The van der Waals surface area contributed by atoms with Crippen LogP contribution in [0.5, 0.6) is 5.75 Å². The summed E-state index contributed by atoms with van der Waals surface area (Å²) in [5.74, 6) is 2.05. The first-order valence-electron chi connectivity index (χ1n) is 8.93. The Hall–Kier alpha value is -1.66. The van der Waals surface area contributed by atoms with Crippen molar-refractivity contribution < 1.29 is 4.74 Å². The quantitative estimate of drug-likeness (QED) is 0.259. The van der Waals surface area contributed by atoms with Crippen molar-refractivity contribution in [3.63, 3.8) is 0 Å². The fraction of sp³-hybridized carbons (Fsp3) is 0.238. The van der Waals surface area contributed by atoms with Crippen molar-refractivity contribution in [2.45, 2.75) is 37.4 Å². The van der Waals surface area contributed by atoms with Gasteiger partial charge in [0, 0.05) is 27.4 Å². The van der Waals surface area contributed by atoms with Gasteiger partial charge in [-0.3, -0.25) is 4.57 Å². The van der Waals surface area contributed by atoms with Gasteiger partial charge in [-0.15, -0.1) is 16.8 Å². The molecule has 0 bridgehead atoms. The summed E-state index contributed by atoms with van der Waals surface area (Å²) in [4.78, 5) is 0. The molecule has 0 N–H and O–H groups in total. The second kappa shape index (κ2) is 9.90. The van der Waals surface area contributed by atoms with Gasteiger partial charge >= 0.3 is 0 Å². The maximum Gasteiger partial charge on any atom is 0.191 e. The Balaban J connectivity index is 1.81. The Morgan fingerprint density at radius 1 is 1.17 bits per heavy atom. The highest BCUT2D eigenvalue weighted by Crippen LogP contribution is 2.32. The summed E-state index contributed by atoms with van der Waals surface area (Å²) in [6, 6.07) is 11.0. The number of nitrogens with zero attached hydrogens (tertiary/aromatic N) is 3. The summed E-state index contributed by atoms with van der Waals surface area (Å²) in [6.45, 7) is 8.31. The number of aryl methyl sites for hydroxylation is 1. The smallest absolute Gasteiger partial charge is 0.191 e. The van der Waals surface area contributed by atoms with Crippen LogP contribution in [0.25, 0.3) is 0 Å². The highest BCUT2D eigenvalue weighted by Gasteiger charge is 2.20. The van der Waals surface area contributed by atoms with Crippen molar-refractivity contribution in [1.82, 2.24) is 14.8 Å². The molecule has 1 heterocycles. The molecule has 3 aromatic rings. The molecule has 29 heavy (non-hydrogen) atoms. The van der Waals surface area contributed by atoms with E-state index in [4.69, 9.17) is 39.5 Å². The van der Waals surface area contributed by atoms with Crippen LogP contribution in [-0.2, 0) is 12.3 Å². The van der Waals surface area contributed by atoms with E-state index >= 15 is 0 Å². The second-order valence-electron chi connectivity index (χ2n) is 6.40. The molecule has 0 spiro atoms. The minimum Gasteiger partial charge on any atom is -0.482 e. The van der Waals surface area contributed by atoms with Crippen LogP contribution in [0.15, 0.2) is 54.2 Å². The van der Waals surface area contributed by atoms with Crippen LogP contribution in [0.3, 0.4) is 0 Å². The number of allylic oxidation sites excluding steroid dienone is 1. The predicted molar refractivity (Wildman–Crippen MR) is 121 cm³/mol. The highest BCUT2D eigenvalue weighted by molar-refractivity contribution is 7.98. The van der Waals surface area contributed by atoms with Gasteiger partial charge in [-0.1, -0.05) is 58.7 Å². The van der Waals surface area contributed by atoms with Gasteiger partial charge in [-0.05, 0) is 55.3 Å². The van der Waals surface area contributed by atoms with Crippen LogP contribution in [0, 0.1) is 6.92 Å². The largest absolute Gasteiger partial charge is 0.482 e. The van der Waals surface area contributed by atoms with Crippen molar-refractivity contribution >= 4 is 46.6 Å². The summed E-state index contributed by atoms with van der Waals surface area (Å²) in [7, 11) is 0. The maximum absolute atomic E-state index is 6.28. The van der Waals surface area contributed by atoms with Crippen LogP contribution >= 0.6 is 46.6 Å². The molecule has 0 amide bonds. The Kier molecular flexibility index (Phi) is 7.52. The van der Waals surface area contributed by atoms with E-state index in [1.807, 2.05) is 48.7 Å². The Morgan fingerprint density at radius 3 is 2.55 bits per heavy atom. The zero-order valence-electron chi connectivity index (χ0n) is 16.0. The van der Waals surface area contributed by atoms with E-state index in [9.17, 15) is 0 Å². The lowest BCUT2D eigenvalue weighted by Crippen LogP contribution is -2.12. The molecule has 8 heteroatoms. The molecule has 3 rings (SSSR count). The maximum atomic E-state index is 6.28. The van der Waals surface area contributed by atoms with Crippen molar-refractivity contribution in [3.05, 3.63) is 81.1 Å². The lowest BCUT2D eigenvalue weighted by molar-refractivity contribution is 0.209. The molecular formula is C21H20Cl3N3OS. The topological polar surface area (TPSA) is 39.9 Å². The third-order valence-corrected chi connectivity index (χ3v) is 6.21. The number of halogens is 3. The van der Waals surface area contributed by atoms with Gasteiger partial charge < -0.3 is 4.74 Å². The van der Waals surface area contributed by atoms with Crippen molar-refractivity contribution in [2.24, 2.45) is 0 Å². The Labute approximate surface area is 189 Å². The van der Waals surface area contributed by atoms with Crippen LogP contribution in [0.1, 0.15) is 30.0 Å². The molecule has 0 aliphatic rings. The predicted octanol–water partition coefficient (Wildman–Crippen LogP) is 7.17. The third kappa shape index (κ3) is 5.28. The zero-order chi connectivity index (χ0) is 21.0. The number of rotatable bonds is 8. The SMILES string of the molecule is C=CCn1c(SCc2c(Cl)cccc2Cl)nnc1C(C)Oc1ccc(Cl)cc1C. The number of hydrogen-bond donors (Lipinski definition) is 0. The van der Waals surface area contributed by atoms with Gasteiger partial charge in [0.1, 0.15) is 5.75 Å². The fourth-order valence-corrected chi connectivity index (χ4v) is 4.73. The molecule has 1 unspecified atom stereocenters. The van der Waals surface area contributed by atoms with Gasteiger partial charge in [-0.2, -0.15) is 0 Å². The fourth-order valence-electron chi connectivity index (χ4n) is 2.80. The number of ether oxygens (including phenoxy) is 1. The number of thioether (sulfide) groups is 1. The normalized spacial score (nSPS) is 12.0. The molecule has 1 atom stereocenters. The Morgan fingerprint density at radius 2 is 1.90 bits per heavy atom. The summed E-state index contributed by atoms with van der Waals surface area (Å²) in [5, 5.41) is 11.4. The Bertz CT molecular complexity index is 1000. The zero-order valence-corrected chi connectivity index (χ0v) is 19.1. The first kappa shape index (κ1) is 22.0. The molecule has 0 fully saturated rings. The van der Waals surface area contributed by atoms with Crippen molar-refractivity contribution in [3.8, 4) is 5.75 Å². The minimum absolute atomic E-state index is 0.305. The van der Waals surface area contributed by atoms with E-state index < -0.39 is 0 Å². The number of aromatic nitrogens is 3. The standard InChI is InChI=1S/C21H20Cl3N3OS/c1-4-10-27-20(14(3)28-19-9-8-15(22)11-13(19)2)25-26-21(27)29-12-16-17(23)6-5-7-18(16)24/h4-9,11,14H,1,10,12H2,2-3H3. The molecule has 0 aliphatic carbocycles. The average Bonchev–Trinajstić information content (AvgIpc) is 3.07. The molecule has 1 aromatic heterocycles. The monoisotopic (exact) mass is 467 g/mol. The van der Waals surface area contributed by atoms with Crippen molar-refractivity contribution in [2.75, 3.05) is 0 Å². The third-order valence-electron chi connectivity index (χ3n) is 4.27. The van der Waals surface area contributed by atoms with E-state index in [1.54, 1.807) is 12.1 Å². The highest BCUT2D eigenvalue weighted by atomic mass is 35.5. The van der Waals surface area contributed by atoms with Crippen LogP contribution < -0.4 is 4.74 Å². The van der Waals surface area contributed by atoms with E-state index in [1.165, 1.54) is 11.8 Å². The van der Waals surface area contributed by atoms with E-state index in [2.05, 4.69) is 16.8 Å². The number of benzene rings is 2. The molecule has 4 nitrogen and oxygen atoms in total. The molecule has 0 saturated carbocycles. The lowest BCUT2D eigenvalue weighted by atomic mass is 10.2. The minimum atomic E-state index is -0.305. The summed E-state index contributed by atoms with van der Waals surface area (Å²) in [6.07, 6.45) is 1.50. The van der Waals surface area contributed by atoms with Gasteiger partial charge in [0.25, 0.3) is 0 Å². The van der Waals surface area contributed by atoms with E-state index in [0.29, 0.717) is 33.2 Å². The molecule has 0 saturated heterocycles. The summed E-state index contributed by atoms with van der Waals surface area (Å²) in [5.41, 5.74) is 1.83. The van der Waals surface area contributed by atoms with Crippen LogP contribution in [-0.4, -0.2) is 14.8 Å². The molecule has 0 aliphatic heterocycles. The first-order chi connectivity index (χ1) is 13.9. The average molecular weight is 469 g/mol.